The van der Waals surface area contributed by atoms with Gasteiger partial charge in [0.15, 0.2) is 0 Å². The van der Waals surface area contributed by atoms with Crippen molar-refractivity contribution >= 4 is 7.82 Å². The number of hydrogen-bond donors (Lipinski definition) is 3. The third-order valence-electron chi connectivity index (χ3n) is 0. The van der Waals surface area contributed by atoms with Crippen molar-refractivity contribution in [1.29, 1.82) is 0 Å². The second-order valence-corrected chi connectivity index (χ2v) is 1.54. The van der Waals surface area contributed by atoms with Crippen LogP contribution in [-0.4, -0.2) is 14.7 Å². The van der Waals surface area contributed by atoms with Crippen LogP contribution in [0.15, 0.2) is 0 Å². The van der Waals surface area contributed by atoms with E-state index in [-0.39, 0.29) is 23.8 Å². The minimum atomic E-state index is -4.64. The van der Waals surface area contributed by atoms with Gasteiger partial charge in [-0.05, 0) is 0 Å². The summed E-state index contributed by atoms with van der Waals surface area (Å²) < 4.78 is 8.88. The maximum Gasteiger partial charge on any atom is 1.00 e. The Morgan fingerprint density at radius 1 is 1.33 bits per heavy atom. The van der Waals surface area contributed by atoms with Crippen LogP contribution < -0.4 is 0 Å². The third-order valence-corrected chi connectivity index (χ3v) is 0. The molecule has 0 aliphatic heterocycles. The molecule has 6 heteroatoms. The first-order chi connectivity index (χ1) is 2.00. The Hall–Kier alpha value is 0.850. The topological polar surface area (TPSA) is 77.8 Å². The van der Waals surface area contributed by atoms with Crippen molar-refractivity contribution < 1.29 is 43.1 Å². The fourth-order valence-electron chi connectivity index (χ4n) is 0. The summed E-state index contributed by atoms with van der Waals surface area (Å²) in [5.41, 5.74) is 0. The van der Waals surface area contributed by atoms with Crippen LogP contribution >= 0.6 is 7.82 Å². The van der Waals surface area contributed by atoms with Gasteiger partial charge in [-0.1, -0.05) is 0 Å². The summed E-state index contributed by atoms with van der Waals surface area (Å²) in [6.45, 7) is 0. The van der Waals surface area contributed by atoms with Gasteiger partial charge in [-0.15, -0.1) is 0 Å². The minimum Gasteiger partial charge on any atom is -0.303 e. The fourth-order valence-corrected chi connectivity index (χ4v) is 0. The molecule has 1 radical (unpaired) electrons. The molecule has 0 heterocycles. The van der Waals surface area contributed by atoms with Crippen LogP contribution in [0.1, 0.15) is 1.43 Å². The predicted octanol–water partition coefficient (Wildman–Crippen LogP) is -0.819. The maximum absolute atomic E-state index is 8.88. The molecule has 0 unspecified atom stereocenters. The normalized spacial score (nSPS) is 9.83. The summed E-state index contributed by atoms with van der Waals surface area (Å²) in [4.78, 5) is 21.6. The molecule has 0 saturated carbocycles. The molecule has 0 aliphatic rings. The molecule has 0 spiro atoms. The number of phosphoric acid groups is 1. The molecule has 43 valence electrons. The maximum atomic E-state index is 8.88. The smallest absolute Gasteiger partial charge is 0.303 e. The molecule has 4 nitrogen and oxygen atoms in total. The molecule has 0 aromatic heterocycles. The monoisotopic (exact) mass is 206 g/mol. The zero-order valence-electron chi connectivity index (χ0n) is 3.50. The quantitative estimate of drug-likeness (QED) is 0.358. The Morgan fingerprint density at radius 3 is 1.33 bits per heavy atom. The third kappa shape index (κ3) is 99.5. The predicted molar refractivity (Wildman–Crippen MR) is 15.4 cm³/mol. The number of hydrogen-bond acceptors (Lipinski definition) is 1. The van der Waals surface area contributed by atoms with E-state index in [1.807, 2.05) is 0 Å². The summed E-state index contributed by atoms with van der Waals surface area (Å²) in [5, 5.41) is 0. The van der Waals surface area contributed by atoms with Crippen LogP contribution in [-0.2, 0) is 26.9 Å². The molecule has 0 aromatic rings. The first kappa shape index (κ1) is 9.97. The van der Waals surface area contributed by atoms with Gasteiger partial charge < -0.3 is 14.7 Å². The average molecular weight is 207 g/mol. The Labute approximate surface area is 51.4 Å². The molecular formula is H4AgO4P+. The molecule has 0 rings (SSSR count). The van der Waals surface area contributed by atoms with Gasteiger partial charge in [0.25, 0.3) is 0 Å². The summed E-state index contributed by atoms with van der Waals surface area (Å²) in [6.07, 6.45) is 0. The van der Waals surface area contributed by atoms with E-state index in [1.54, 1.807) is 0 Å². The van der Waals surface area contributed by atoms with E-state index < -0.39 is 7.82 Å². The van der Waals surface area contributed by atoms with Crippen molar-refractivity contribution in [3.8, 4) is 0 Å². The molecule has 0 amide bonds. The standard InChI is InChI=1S/Ag.H3O4P/c;1-5(2,3)4/h;(H3,1,2,3,4)/p+1. The van der Waals surface area contributed by atoms with Crippen LogP contribution in [0.4, 0.5) is 0 Å². The largest absolute Gasteiger partial charge is 1.00 e. The van der Waals surface area contributed by atoms with Crippen LogP contribution in [0, 0.1) is 0 Å². The van der Waals surface area contributed by atoms with Crippen molar-refractivity contribution in [1.82, 2.24) is 0 Å². The second kappa shape index (κ2) is 2.93. The molecule has 6 heavy (non-hydrogen) atoms. The molecular weight excluding hydrogens is 203 g/mol. The zero-order valence-corrected chi connectivity index (χ0v) is 4.88. The minimum absolute atomic E-state index is 0. The van der Waals surface area contributed by atoms with Gasteiger partial charge in [0.2, 0.25) is 0 Å². The van der Waals surface area contributed by atoms with Gasteiger partial charge in [0, 0.05) is 22.4 Å². The van der Waals surface area contributed by atoms with Gasteiger partial charge in [-0.3, -0.25) is 0 Å². The van der Waals surface area contributed by atoms with Crippen molar-refractivity contribution in [2.75, 3.05) is 0 Å². The molecule has 0 aliphatic carbocycles. The van der Waals surface area contributed by atoms with Gasteiger partial charge in [-0.2, -0.15) is 0 Å². The van der Waals surface area contributed by atoms with Crippen molar-refractivity contribution in [3.63, 3.8) is 0 Å². The SMILES string of the molecule is O=P(O)(O)O.[Ag].[H+]. The van der Waals surface area contributed by atoms with Gasteiger partial charge in [0.1, 0.15) is 0 Å². The summed E-state index contributed by atoms with van der Waals surface area (Å²) in [6, 6.07) is 0. The molecule has 0 atom stereocenters. The van der Waals surface area contributed by atoms with Crippen molar-refractivity contribution in [2.24, 2.45) is 0 Å². The van der Waals surface area contributed by atoms with Crippen LogP contribution in [0.3, 0.4) is 0 Å². The molecule has 0 aromatic carbocycles. The van der Waals surface area contributed by atoms with E-state index in [0.29, 0.717) is 0 Å². The first-order valence-corrected chi connectivity index (χ1v) is 2.35. The molecule has 3 N–H and O–H groups in total. The Kier molecular flexibility index (Phi) is 4.87. The van der Waals surface area contributed by atoms with Gasteiger partial charge in [0.05, 0.1) is 0 Å². The van der Waals surface area contributed by atoms with Crippen LogP contribution in [0.2, 0.25) is 0 Å². The molecule has 0 saturated heterocycles. The zero-order chi connectivity index (χ0) is 4.50. The number of rotatable bonds is 0. The summed E-state index contributed by atoms with van der Waals surface area (Å²) in [5.74, 6) is 0. The van der Waals surface area contributed by atoms with Crippen molar-refractivity contribution in [3.05, 3.63) is 0 Å². The van der Waals surface area contributed by atoms with E-state index in [0.717, 1.165) is 0 Å². The van der Waals surface area contributed by atoms with Gasteiger partial charge >= 0.3 is 9.25 Å². The Balaban J connectivity index is -0.0000000800. The summed E-state index contributed by atoms with van der Waals surface area (Å²) in [7, 11) is -4.64. The summed E-state index contributed by atoms with van der Waals surface area (Å²) >= 11 is 0. The van der Waals surface area contributed by atoms with Crippen LogP contribution in [0.25, 0.3) is 0 Å². The van der Waals surface area contributed by atoms with E-state index >= 15 is 0 Å². The van der Waals surface area contributed by atoms with Crippen LogP contribution in [0.5, 0.6) is 0 Å². The Morgan fingerprint density at radius 2 is 1.33 bits per heavy atom. The average Bonchev–Trinajstić information content (AvgIpc) is 0.722. The van der Waals surface area contributed by atoms with E-state index in [4.69, 9.17) is 19.2 Å². The first-order valence-electron chi connectivity index (χ1n) is 0.783. The van der Waals surface area contributed by atoms with Gasteiger partial charge in [-0.25, -0.2) is 4.57 Å². The second-order valence-electron chi connectivity index (χ2n) is 0.513. The molecule has 0 fully saturated rings. The van der Waals surface area contributed by atoms with Crippen molar-refractivity contribution in [2.45, 2.75) is 0 Å². The molecule has 0 bridgehead atoms. The van der Waals surface area contributed by atoms with E-state index in [9.17, 15) is 0 Å². The Bertz CT molecular complexity index is 57.8. The van der Waals surface area contributed by atoms with E-state index in [1.165, 1.54) is 0 Å². The fraction of sp³-hybridized carbons (Fsp3) is 0. The van der Waals surface area contributed by atoms with E-state index in [2.05, 4.69) is 0 Å².